The summed E-state index contributed by atoms with van der Waals surface area (Å²) in [7, 11) is 0. The minimum absolute atomic E-state index is 0.0545. The predicted molar refractivity (Wildman–Crippen MR) is 99.3 cm³/mol. The Morgan fingerprint density at radius 3 is 2.85 bits per heavy atom. The molecule has 3 heterocycles. The Morgan fingerprint density at radius 1 is 1.07 bits per heavy atom. The topological polar surface area (TPSA) is 72.9 Å². The molecule has 27 heavy (non-hydrogen) atoms. The van der Waals surface area contributed by atoms with Crippen molar-refractivity contribution in [1.29, 1.82) is 0 Å². The van der Waals surface area contributed by atoms with E-state index in [0.717, 1.165) is 10.9 Å². The molecule has 0 aliphatic carbocycles. The molecule has 2 aliphatic rings. The van der Waals surface area contributed by atoms with E-state index in [9.17, 15) is 4.79 Å². The quantitative estimate of drug-likeness (QED) is 0.773. The highest BCUT2D eigenvalue weighted by atomic mass is 16.7. The van der Waals surface area contributed by atoms with Crippen LogP contribution in [0.15, 0.2) is 54.6 Å². The summed E-state index contributed by atoms with van der Waals surface area (Å²) in [6, 6.07) is 16.9. The zero-order chi connectivity index (χ0) is 18.2. The lowest BCUT2D eigenvalue weighted by Crippen LogP contribution is -2.57. The number of ether oxygens (including phenoxy) is 3. The summed E-state index contributed by atoms with van der Waals surface area (Å²) in [5.41, 5.74) is 1.57. The van der Waals surface area contributed by atoms with Crippen molar-refractivity contribution < 1.29 is 19.0 Å². The first-order valence-corrected chi connectivity index (χ1v) is 8.73. The van der Waals surface area contributed by atoms with Gasteiger partial charge in [-0.3, -0.25) is 0 Å². The molecule has 0 unspecified atom stereocenters. The number of nitrogens with one attached hydrogen (secondary N) is 1. The Kier molecular flexibility index (Phi) is 3.71. The summed E-state index contributed by atoms with van der Waals surface area (Å²) in [6.07, 6.45) is -0.0545. The number of carbonyl (C=O) groups excluding carboxylic acids is 1. The van der Waals surface area contributed by atoms with Crippen LogP contribution in [0, 0.1) is 0 Å². The number of hydrogen-bond acceptors (Lipinski definition) is 5. The molecule has 136 valence electrons. The van der Waals surface area contributed by atoms with Crippen molar-refractivity contribution in [2.45, 2.75) is 6.10 Å². The van der Waals surface area contributed by atoms with Crippen LogP contribution in [0.2, 0.25) is 0 Å². The fourth-order valence-corrected chi connectivity index (χ4v) is 3.14. The van der Waals surface area contributed by atoms with Crippen LogP contribution in [0.1, 0.15) is 0 Å². The second-order valence-corrected chi connectivity index (χ2v) is 6.49. The standard InChI is InChI=1S/C20H17N3O4/c24-20(21-14-6-7-17-18(9-14)26-12-25-17)23-10-15(11-23)27-19-8-5-13-3-1-2-4-16(13)22-19/h1-9,15H,10-12H2,(H,21,24). The van der Waals surface area contributed by atoms with Gasteiger partial charge < -0.3 is 24.4 Å². The number of benzene rings is 2. The van der Waals surface area contributed by atoms with Crippen LogP contribution in [0.25, 0.3) is 10.9 Å². The highest BCUT2D eigenvalue weighted by molar-refractivity contribution is 5.90. The van der Waals surface area contributed by atoms with E-state index in [1.54, 1.807) is 23.1 Å². The van der Waals surface area contributed by atoms with Crippen LogP contribution < -0.4 is 19.5 Å². The first-order valence-electron chi connectivity index (χ1n) is 8.73. The summed E-state index contributed by atoms with van der Waals surface area (Å²) >= 11 is 0. The number of nitrogens with zero attached hydrogens (tertiary/aromatic N) is 2. The Hall–Kier alpha value is -3.48. The fourth-order valence-electron chi connectivity index (χ4n) is 3.14. The zero-order valence-corrected chi connectivity index (χ0v) is 14.4. The van der Waals surface area contributed by atoms with Crippen molar-refractivity contribution in [3.8, 4) is 17.4 Å². The van der Waals surface area contributed by atoms with E-state index in [0.29, 0.717) is 36.2 Å². The van der Waals surface area contributed by atoms with E-state index in [2.05, 4.69) is 10.3 Å². The van der Waals surface area contributed by atoms with Crippen LogP contribution in [-0.4, -0.2) is 41.9 Å². The molecule has 1 saturated heterocycles. The highest BCUT2D eigenvalue weighted by Gasteiger charge is 2.32. The second kappa shape index (κ2) is 6.35. The van der Waals surface area contributed by atoms with E-state index < -0.39 is 0 Å². The molecule has 0 saturated carbocycles. The van der Waals surface area contributed by atoms with Crippen molar-refractivity contribution in [3.05, 3.63) is 54.6 Å². The van der Waals surface area contributed by atoms with E-state index in [-0.39, 0.29) is 18.9 Å². The third kappa shape index (κ3) is 3.08. The van der Waals surface area contributed by atoms with E-state index in [1.807, 2.05) is 36.4 Å². The number of para-hydroxylation sites is 1. The molecule has 7 nitrogen and oxygen atoms in total. The van der Waals surface area contributed by atoms with Crippen LogP contribution in [0.5, 0.6) is 17.4 Å². The molecule has 0 atom stereocenters. The highest BCUT2D eigenvalue weighted by Crippen LogP contribution is 2.34. The van der Waals surface area contributed by atoms with Gasteiger partial charge >= 0.3 is 6.03 Å². The number of aromatic nitrogens is 1. The maximum absolute atomic E-state index is 12.3. The lowest BCUT2D eigenvalue weighted by atomic mass is 10.2. The van der Waals surface area contributed by atoms with Gasteiger partial charge in [-0.25, -0.2) is 9.78 Å². The SMILES string of the molecule is O=C(Nc1ccc2c(c1)OCO2)N1CC(Oc2ccc3ccccc3n2)C1. The number of fused-ring (bicyclic) bond motifs is 2. The molecule has 1 fully saturated rings. The lowest BCUT2D eigenvalue weighted by Gasteiger charge is -2.38. The monoisotopic (exact) mass is 363 g/mol. The number of anilines is 1. The predicted octanol–water partition coefficient (Wildman–Crippen LogP) is 3.26. The van der Waals surface area contributed by atoms with Crippen LogP contribution >= 0.6 is 0 Å². The number of hydrogen-bond donors (Lipinski definition) is 1. The molecule has 1 N–H and O–H groups in total. The summed E-state index contributed by atoms with van der Waals surface area (Å²) < 4.78 is 16.5. The van der Waals surface area contributed by atoms with Crippen LogP contribution in [-0.2, 0) is 0 Å². The number of likely N-dealkylation sites (tertiary alicyclic amines) is 1. The first kappa shape index (κ1) is 15.7. The minimum atomic E-state index is -0.166. The summed E-state index contributed by atoms with van der Waals surface area (Å²) in [6.45, 7) is 1.25. The van der Waals surface area contributed by atoms with E-state index in [1.165, 1.54) is 0 Å². The molecule has 1 aromatic heterocycles. The average Bonchev–Trinajstić information content (AvgIpc) is 3.12. The van der Waals surface area contributed by atoms with Crippen LogP contribution in [0.3, 0.4) is 0 Å². The lowest BCUT2D eigenvalue weighted by molar-refractivity contribution is 0.0463. The Morgan fingerprint density at radius 2 is 1.93 bits per heavy atom. The number of carbonyl (C=O) groups is 1. The second-order valence-electron chi connectivity index (χ2n) is 6.49. The summed E-state index contributed by atoms with van der Waals surface area (Å²) in [5.74, 6) is 1.91. The third-order valence-electron chi connectivity index (χ3n) is 4.62. The molecule has 7 heteroatoms. The third-order valence-corrected chi connectivity index (χ3v) is 4.62. The summed E-state index contributed by atoms with van der Waals surface area (Å²) in [5, 5.41) is 3.93. The van der Waals surface area contributed by atoms with Gasteiger partial charge in [-0.15, -0.1) is 0 Å². The Balaban J connectivity index is 1.17. The minimum Gasteiger partial charge on any atom is -0.471 e. The van der Waals surface area contributed by atoms with Crippen molar-refractivity contribution in [3.63, 3.8) is 0 Å². The number of rotatable bonds is 3. The zero-order valence-electron chi connectivity index (χ0n) is 14.4. The molecular weight excluding hydrogens is 346 g/mol. The van der Waals surface area contributed by atoms with Gasteiger partial charge in [-0.1, -0.05) is 18.2 Å². The van der Waals surface area contributed by atoms with Gasteiger partial charge in [-0.2, -0.15) is 0 Å². The number of urea groups is 1. The smallest absolute Gasteiger partial charge is 0.322 e. The average molecular weight is 363 g/mol. The first-order chi connectivity index (χ1) is 13.2. The van der Waals surface area contributed by atoms with Crippen molar-refractivity contribution in [2.75, 3.05) is 25.2 Å². The van der Waals surface area contributed by atoms with Gasteiger partial charge in [0.25, 0.3) is 0 Å². The van der Waals surface area contributed by atoms with Crippen molar-refractivity contribution in [1.82, 2.24) is 9.88 Å². The number of pyridine rings is 1. The normalized spacial score (nSPS) is 15.5. The maximum Gasteiger partial charge on any atom is 0.322 e. The molecule has 3 aromatic rings. The van der Waals surface area contributed by atoms with Gasteiger partial charge in [-0.05, 0) is 24.3 Å². The van der Waals surface area contributed by atoms with Gasteiger partial charge in [0.15, 0.2) is 11.5 Å². The summed E-state index contributed by atoms with van der Waals surface area (Å²) in [4.78, 5) is 18.5. The molecule has 2 amide bonds. The molecule has 0 bridgehead atoms. The Labute approximate surface area is 155 Å². The largest absolute Gasteiger partial charge is 0.471 e. The van der Waals surface area contributed by atoms with Gasteiger partial charge in [0.05, 0.1) is 18.6 Å². The fraction of sp³-hybridized carbons (Fsp3) is 0.200. The Bertz CT molecular complexity index is 1020. The van der Waals surface area contributed by atoms with E-state index in [4.69, 9.17) is 14.2 Å². The van der Waals surface area contributed by atoms with Crippen molar-refractivity contribution in [2.24, 2.45) is 0 Å². The van der Waals surface area contributed by atoms with E-state index >= 15 is 0 Å². The van der Waals surface area contributed by atoms with Crippen molar-refractivity contribution >= 4 is 22.6 Å². The van der Waals surface area contributed by atoms with Crippen LogP contribution in [0.4, 0.5) is 10.5 Å². The molecule has 5 rings (SSSR count). The molecule has 2 aromatic carbocycles. The molecule has 0 spiro atoms. The van der Waals surface area contributed by atoms with Gasteiger partial charge in [0.1, 0.15) is 6.10 Å². The molecular formula is C20H17N3O4. The number of amides is 2. The van der Waals surface area contributed by atoms with Gasteiger partial charge in [0, 0.05) is 23.2 Å². The maximum atomic E-state index is 12.3. The molecule has 0 radical (unpaired) electrons. The molecule has 2 aliphatic heterocycles. The van der Waals surface area contributed by atoms with Gasteiger partial charge in [0.2, 0.25) is 12.7 Å².